The van der Waals surface area contributed by atoms with Gasteiger partial charge in [0.1, 0.15) is 5.75 Å². The normalized spacial score (nSPS) is 13.5. The van der Waals surface area contributed by atoms with Gasteiger partial charge in [-0.25, -0.2) is 0 Å². The number of hydrogen-bond donors (Lipinski definition) is 1. The molecule has 1 unspecified atom stereocenters. The lowest BCUT2D eigenvalue weighted by molar-refractivity contribution is 0.285. The minimum Gasteiger partial charge on any atom is -0.495 e. The molecule has 17 heavy (non-hydrogen) atoms. The van der Waals surface area contributed by atoms with Crippen LogP contribution in [-0.4, -0.2) is 13.2 Å². The van der Waals surface area contributed by atoms with Gasteiger partial charge in [0, 0.05) is 12.6 Å². The van der Waals surface area contributed by atoms with Crippen LogP contribution in [0.5, 0.6) is 5.75 Å². The van der Waals surface area contributed by atoms with Crippen LogP contribution < -0.4 is 10.1 Å². The van der Waals surface area contributed by atoms with Gasteiger partial charge in [-0.2, -0.15) is 0 Å². The van der Waals surface area contributed by atoms with Gasteiger partial charge in [-0.1, -0.05) is 38.4 Å². The van der Waals surface area contributed by atoms with Gasteiger partial charge in [0.05, 0.1) is 12.1 Å². The van der Waals surface area contributed by atoms with Crippen molar-refractivity contribution in [3.8, 4) is 5.75 Å². The highest BCUT2D eigenvalue weighted by atomic mass is 35.5. The van der Waals surface area contributed by atoms with Crippen LogP contribution in [-0.2, 0) is 6.54 Å². The number of ether oxygens (including phenoxy) is 1. The summed E-state index contributed by atoms with van der Waals surface area (Å²) in [6.07, 6.45) is 0. The SMILES string of the molecule is COc1ccc(CNC(C)C(C)(C)C)cc1Cl. The first-order valence-corrected chi connectivity index (χ1v) is 6.28. The van der Waals surface area contributed by atoms with E-state index in [0.717, 1.165) is 12.3 Å². The van der Waals surface area contributed by atoms with Crippen LogP contribution in [0.3, 0.4) is 0 Å². The molecule has 0 amide bonds. The molecule has 1 rings (SSSR count). The van der Waals surface area contributed by atoms with Crippen molar-refractivity contribution in [1.82, 2.24) is 5.32 Å². The van der Waals surface area contributed by atoms with Crippen molar-refractivity contribution in [1.29, 1.82) is 0 Å². The Hall–Kier alpha value is -0.730. The Bertz CT molecular complexity index is 371. The number of nitrogens with one attached hydrogen (secondary N) is 1. The van der Waals surface area contributed by atoms with Crippen molar-refractivity contribution in [3.63, 3.8) is 0 Å². The highest BCUT2D eigenvalue weighted by molar-refractivity contribution is 6.32. The average Bonchev–Trinajstić information content (AvgIpc) is 2.24. The molecule has 0 spiro atoms. The predicted molar refractivity (Wildman–Crippen MR) is 73.8 cm³/mol. The minimum atomic E-state index is 0.260. The quantitative estimate of drug-likeness (QED) is 0.882. The molecular formula is C14H22ClNO. The summed E-state index contributed by atoms with van der Waals surface area (Å²) in [6.45, 7) is 9.70. The van der Waals surface area contributed by atoms with Crippen LogP contribution in [0.25, 0.3) is 0 Å². The highest BCUT2D eigenvalue weighted by Crippen LogP contribution is 2.25. The maximum atomic E-state index is 6.08. The van der Waals surface area contributed by atoms with Gasteiger partial charge in [0.15, 0.2) is 0 Å². The van der Waals surface area contributed by atoms with Gasteiger partial charge in [-0.3, -0.25) is 0 Å². The van der Waals surface area contributed by atoms with Gasteiger partial charge in [-0.15, -0.1) is 0 Å². The number of methoxy groups -OCH3 is 1. The fourth-order valence-electron chi connectivity index (χ4n) is 1.40. The van der Waals surface area contributed by atoms with E-state index >= 15 is 0 Å². The molecular weight excluding hydrogens is 234 g/mol. The first-order chi connectivity index (χ1) is 7.84. The lowest BCUT2D eigenvalue weighted by atomic mass is 9.88. The molecule has 0 aliphatic heterocycles. The summed E-state index contributed by atoms with van der Waals surface area (Å²) in [5, 5.41) is 4.17. The zero-order chi connectivity index (χ0) is 13.1. The van der Waals surface area contributed by atoms with Crippen LogP contribution >= 0.6 is 11.6 Å². The maximum absolute atomic E-state index is 6.08. The van der Waals surface area contributed by atoms with Crippen LogP contribution in [0.2, 0.25) is 5.02 Å². The molecule has 0 aliphatic carbocycles. The van der Waals surface area contributed by atoms with Gasteiger partial charge >= 0.3 is 0 Å². The summed E-state index contributed by atoms with van der Waals surface area (Å²) in [4.78, 5) is 0. The smallest absolute Gasteiger partial charge is 0.137 e. The molecule has 0 fully saturated rings. The van der Waals surface area contributed by atoms with E-state index in [2.05, 4.69) is 33.0 Å². The highest BCUT2D eigenvalue weighted by Gasteiger charge is 2.19. The number of rotatable bonds is 4. The zero-order valence-electron chi connectivity index (χ0n) is 11.3. The lowest BCUT2D eigenvalue weighted by Gasteiger charge is -2.28. The lowest BCUT2D eigenvalue weighted by Crippen LogP contribution is -2.37. The molecule has 1 aromatic rings. The molecule has 0 saturated carbocycles. The Morgan fingerprint density at radius 3 is 2.47 bits per heavy atom. The molecule has 0 heterocycles. The van der Waals surface area contributed by atoms with Gasteiger partial charge in [-0.05, 0) is 30.0 Å². The van der Waals surface area contributed by atoms with Crippen LogP contribution in [0, 0.1) is 5.41 Å². The van der Waals surface area contributed by atoms with E-state index in [1.165, 1.54) is 5.56 Å². The van der Waals surface area contributed by atoms with E-state index in [1.807, 2.05) is 18.2 Å². The first kappa shape index (κ1) is 14.3. The van der Waals surface area contributed by atoms with Crippen LogP contribution in [0.4, 0.5) is 0 Å². The molecule has 2 nitrogen and oxygen atoms in total. The summed E-state index contributed by atoms with van der Waals surface area (Å²) >= 11 is 6.08. The Labute approximate surface area is 109 Å². The predicted octanol–water partition coefficient (Wildman–Crippen LogP) is 3.87. The first-order valence-electron chi connectivity index (χ1n) is 5.90. The third-order valence-corrected chi connectivity index (χ3v) is 3.42. The fourth-order valence-corrected chi connectivity index (χ4v) is 1.68. The summed E-state index contributed by atoms with van der Waals surface area (Å²) in [7, 11) is 1.63. The number of halogens is 1. The number of benzene rings is 1. The molecule has 3 heteroatoms. The Morgan fingerprint density at radius 2 is 2.00 bits per heavy atom. The monoisotopic (exact) mass is 255 g/mol. The Kier molecular flexibility index (Phi) is 4.84. The summed E-state index contributed by atoms with van der Waals surface area (Å²) < 4.78 is 5.13. The van der Waals surface area contributed by atoms with E-state index in [-0.39, 0.29) is 5.41 Å². The van der Waals surface area contributed by atoms with Crippen LogP contribution in [0.1, 0.15) is 33.3 Å². The summed E-state index contributed by atoms with van der Waals surface area (Å²) in [5.74, 6) is 0.722. The van der Waals surface area contributed by atoms with Crippen molar-refractivity contribution < 1.29 is 4.74 Å². The molecule has 96 valence electrons. The second kappa shape index (κ2) is 5.74. The molecule has 0 bridgehead atoms. The van der Waals surface area contributed by atoms with Gasteiger partial charge in [0.25, 0.3) is 0 Å². The Balaban J connectivity index is 2.61. The molecule has 0 aromatic heterocycles. The molecule has 0 aliphatic rings. The number of hydrogen-bond acceptors (Lipinski definition) is 2. The third kappa shape index (κ3) is 4.21. The van der Waals surface area contributed by atoms with E-state index in [1.54, 1.807) is 7.11 Å². The summed E-state index contributed by atoms with van der Waals surface area (Å²) in [5.41, 5.74) is 1.43. The van der Waals surface area contributed by atoms with Crippen molar-refractivity contribution in [2.24, 2.45) is 5.41 Å². The molecule has 1 aromatic carbocycles. The zero-order valence-corrected chi connectivity index (χ0v) is 12.1. The van der Waals surface area contributed by atoms with Crippen molar-refractivity contribution >= 4 is 11.6 Å². The minimum absolute atomic E-state index is 0.260. The van der Waals surface area contributed by atoms with E-state index < -0.39 is 0 Å². The molecule has 0 radical (unpaired) electrons. The second-order valence-corrected chi connectivity index (χ2v) is 5.84. The molecule has 1 atom stereocenters. The molecule has 0 saturated heterocycles. The standard InChI is InChI=1S/C14H22ClNO/c1-10(14(2,3)4)16-9-11-6-7-13(17-5)12(15)8-11/h6-8,10,16H,9H2,1-5H3. The van der Waals surface area contributed by atoms with E-state index in [9.17, 15) is 0 Å². The van der Waals surface area contributed by atoms with Gasteiger partial charge in [0.2, 0.25) is 0 Å². The fraction of sp³-hybridized carbons (Fsp3) is 0.571. The van der Waals surface area contributed by atoms with Crippen LogP contribution in [0.15, 0.2) is 18.2 Å². The summed E-state index contributed by atoms with van der Waals surface area (Å²) in [6, 6.07) is 6.33. The topological polar surface area (TPSA) is 21.3 Å². The van der Waals surface area contributed by atoms with E-state index in [0.29, 0.717) is 11.1 Å². The largest absolute Gasteiger partial charge is 0.495 e. The Morgan fingerprint density at radius 1 is 1.35 bits per heavy atom. The van der Waals surface area contributed by atoms with Crippen molar-refractivity contribution in [3.05, 3.63) is 28.8 Å². The average molecular weight is 256 g/mol. The molecule has 1 N–H and O–H groups in total. The van der Waals surface area contributed by atoms with E-state index in [4.69, 9.17) is 16.3 Å². The van der Waals surface area contributed by atoms with Crippen molar-refractivity contribution in [2.45, 2.75) is 40.3 Å². The third-order valence-electron chi connectivity index (χ3n) is 3.13. The second-order valence-electron chi connectivity index (χ2n) is 5.44. The maximum Gasteiger partial charge on any atom is 0.137 e. The van der Waals surface area contributed by atoms with Gasteiger partial charge < -0.3 is 10.1 Å². The van der Waals surface area contributed by atoms with Crippen molar-refractivity contribution in [2.75, 3.05) is 7.11 Å².